The van der Waals surface area contributed by atoms with Crippen LogP contribution in [0.15, 0.2) is 30.6 Å². The molecule has 1 aliphatic rings. The van der Waals surface area contributed by atoms with Gasteiger partial charge in [-0.1, -0.05) is 18.5 Å². The largest absolute Gasteiger partial charge is 0.496 e. The summed E-state index contributed by atoms with van der Waals surface area (Å²) in [7, 11) is 0.129. The molecule has 1 aromatic carbocycles. The van der Waals surface area contributed by atoms with Crippen molar-refractivity contribution < 1.29 is 17.9 Å². The summed E-state index contributed by atoms with van der Waals surface area (Å²) >= 11 is 6.32. The summed E-state index contributed by atoms with van der Waals surface area (Å²) in [5.41, 5.74) is 1.42. The van der Waals surface area contributed by atoms with Gasteiger partial charge in [-0.2, -0.15) is 4.98 Å². The summed E-state index contributed by atoms with van der Waals surface area (Å²) in [6.07, 6.45) is 5.68. The molecule has 0 N–H and O–H groups in total. The minimum Gasteiger partial charge on any atom is -0.496 e. The molecule has 1 saturated heterocycles. The maximum absolute atomic E-state index is 12.4. The summed E-state index contributed by atoms with van der Waals surface area (Å²) in [5, 5.41) is 0.211. The quantitative estimate of drug-likeness (QED) is 0.509. The summed E-state index contributed by atoms with van der Waals surface area (Å²) in [6.45, 7) is 3.22. The lowest BCUT2D eigenvalue weighted by Gasteiger charge is -2.32. The molecule has 0 aliphatic carbocycles. The van der Waals surface area contributed by atoms with E-state index < -0.39 is 9.84 Å². The molecule has 2 aromatic heterocycles. The van der Waals surface area contributed by atoms with Crippen LogP contribution in [-0.2, 0) is 9.84 Å². The zero-order valence-electron chi connectivity index (χ0n) is 18.4. The van der Waals surface area contributed by atoms with E-state index >= 15 is 0 Å². The maximum atomic E-state index is 12.4. The zero-order valence-corrected chi connectivity index (χ0v) is 20.0. The fourth-order valence-corrected chi connectivity index (χ4v) is 6.20. The monoisotopic (exact) mass is 478 g/mol. The highest BCUT2D eigenvalue weighted by Crippen LogP contribution is 2.38. The topological polar surface area (TPSA) is 86.0 Å². The van der Waals surface area contributed by atoms with Gasteiger partial charge < -0.3 is 14.4 Å². The Hall–Kier alpha value is -2.52. The van der Waals surface area contributed by atoms with Gasteiger partial charge in [0.2, 0.25) is 5.78 Å². The third-order valence-electron chi connectivity index (χ3n) is 5.82. The smallest absolute Gasteiger partial charge is 0.236 e. The van der Waals surface area contributed by atoms with Crippen molar-refractivity contribution in [2.75, 3.05) is 38.0 Å². The Labute approximate surface area is 193 Å². The van der Waals surface area contributed by atoms with Gasteiger partial charge in [-0.05, 0) is 31.4 Å². The lowest BCUT2D eigenvalue weighted by atomic mass is 10.1. The van der Waals surface area contributed by atoms with E-state index in [4.69, 9.17) is 26.1 Å². The molecule has 10 heteroatoms. The van der Waals surface area contributed by atoms with Crippen LogP contribution in [0, 0.1) is 0 Å². The predicted molar refractivity (Wildman–Crippen MR) is 126 cm³/mol. The number of fused-ring (bicyclic) bond motifs is 1. The number of piperidine rings is 1. The highest BCUT2D eigenvalue weighted by molar-refractivity contribution is 7.92. The van der Waals surface area contributed by atoms with Crippen molar-refractivity contribution in [1.82, 2.24) is 14.4 Å². The van der Waals surface area contributed by atoms with Gasteiger partial charge in [0.05, 0.1) is 35.9 Å². The lowest BCUT2D eigenvalue weighted by Crippen LogP contribution is -2.40. The Balaban J connectivity index is 1.58. The second kappa shape index (κ2) is 9.15. The van der Waals surface area contributed by atoms with E-state index in [0.29, 0.717) is 60.3 Å². The molecule has 0 spiro atoms. The van der Waals surface area contributed by atoms with Gasteiger partial charge in [-0.15, -0.1) is 0 Å². The summed E-state index contributed by atoms with van der Waals surface area (Å²) in [5.74, 6) is 2.73. The number of halogens is 1. The molecule has 1 aliphatic heterocycles. The van der Waals surface area contributed by atoms with Crippen LogP contribution in [0.25, 0.3) is 17.0 Å². The van der Waals surface area contributed by atoms with E-state index in [9.17, 15) is 8.42 Å². The third kappa shape index (κ3) is 4.36. The predicted octanol–water partition coefficient (Wildman–Crippen LogP) is 3.86. The molecule has 3 heterocycles. The molecule has 1 fully saturated rings. The number of methoxy groups -OCH3 is 2. The van der Waals surface area contributed by atoms with Crippen molar-refractivity contribution in [3.63, 3.8) is 0 Å². The molecular weight excluding hydrogens is 452 g/mol. The van der Waals surface area contributed by atoms with Crippen LogP contribution >= 0.6 is 11.6 Å². The SMILES string of the molecule is CCCS(=O)(=O)C1CCN(c2ccn3cc(-c4cc(Cl)c(OC)cc4OC)nc3n2)CC1. The first-order valence-corrected chi connectivity index (χ1v) is 12.7. The number of anilines is 1. The second-order valence-electron chi connectivity index (χ2n) is 7.86. The summed E-state index contributed by atoms with van der Waals surface area (Å²) in [4.78, 5) is 11.5. The molecule has 0 atom stereocenters. The Kier molecular flexibility index (Phi) is 6.48. The van der Waals surface area contributed by atoms with Crippen LogP contribution in [0.3, 0.4) is 0 Å². The van der Waals surface area contributed by atoms with E-state index in [1.165, 1.54) is 0 Å². The van der Waals surface area contributed by atoms with E-state index in [-0.39, 0.29) is 11.0 Å². The number of sulfone groups is 1. The standard InChI is InChI=1S/C22H27ClN4O4S/c1-4-11-32(28,29)15-5-8-26(9-6-15)21-7-10-27-14-18(24-22(27)25-21)16-12-17(23)20(31-3)13-19(16)30-2/h7,10,12-15H,4-6,8-9,11H2,1-3H3. The van der Waals surface area contributed by atoms with Crippen molar-refractivity contribution in [3.8, 4) is 22.8 Å². The number of aromatic nitrogens is 3. The Morgan fingerprint density at radius 2 is 1.84 bits per heavy atom. The Morgan fingerprint density at radius 1 is 1.12 bits per heavy atom. The fraction of sp³-hybridized carbons (Fsp3) is 0.455. The molecule has 0 amide bonds. The number of ether oxygens (including phenoxy) is 2. The number of nitrogens with zero attached hydrogens (tertiary/aromatic N) is 4. The molecule has 0 unspecified atom stereocenters. The van der Waals surface area contributed by atoms with Gasteiger partial charge in [-0.3, -0.25) is 4.40 Å². The van der Waals surface area contributed by atoms with Gasteiger partial charge >= 0.3 is 0 Å². The minimum atomic E-state index is -3.01. The lowest BCUT2D eigenvalue weighted by molar-refractivity contribution is 0.395. The number of hydrogen-bond donors (Lipinski definition) is 0. The molecule has 32 heavy (non-hydrogen) atoms. The zero-order chi connectivity index (χ0) is 22.9. The van der Waals surface area contributed by atoms with E-state index in [1.807, 2.05) is 29.8 Å². The fourth-order valence-electron chi connectivity index (χ4n) is 4.12. The first-order chi connectivity index (χ1) is 15.4. The van der Waals surface area contributed by atoms with Crippen molar-refractivity contribution in [2.45, 2.75) is 31.4 Å². The minimum absolute atomic E-state index is 0.257. The van der Waals surface area contributed by atoms with Gasteiger partial charge in [0.1, 0.15) is 17.3 Å². The van der Waals surface area contributed by atoms with Gasteiger partial charge in [0, 0.05) is 37.1 Å². The first-order valence-electron chi connectivity index (χ1n) is 10.6. The Bertz CT molecular complexity index is 1220. The van der Waals surface area contributed by atoms with Crippen LogP contribution in [0.5, 0.6) is 11.5 Å². The van der Waals surface area contributed by atoms with E-state index in [2.05, 4.69) is 9.88 Å². The third-order valence-corrected chi connectivity index (χ3v) is 8.58. The molecule has 172 valence electrons. The van der Waals surface area contributed by atoms with Crippen LogP contribution in [0.2, 0.25) is 5.02 Å². The highest BCUT2D eigenvalue weighted by atomic mass is 35.5. The van der Waals surface area contributed by atoms with Crippen LogP contribution in [0.1, 0.15) is 26.2 Å². The summed E-state index contributed by atoms with van der Waals surface area (Å²) < 4.78 is 37.4. The van der Waals surface area contributed by atoms with Crippen molar-refractivity contribution in [3.05, 3.63) is 35.6 Å². The average Bonchev–Trinajstić information content (AvgIpc) is 3.22. The van der Waals surface area contributed by atoms with Crippen molar-refractivity contribution in [1.29, 1.82) is 0 Å². The van der Waals surface area contributed by atoms with Crippen LogP contribution in [-0.4, -0.2) is 61.1 Å². The molecule has 4 rings (SSSR count). The molecule has 0 bridgehead atoms. The number of imidazole rings is 1. The van der Waals surface area contributed by atoms with Gasteiger partial charge in [0.25, 0.3) is 0 Å². The molecule has 8 nitrogen and oxygen atoms in total. The highest BCUT2D eigenvalue weighted by Gasteiger charge is 2.29. The van der Waals surface area contributed by atoms with Gasteiger partial charge in [0.15, 0.2) is 9.84 Å². The van der Waals surface area contributed by atoms with E-state index in [1.54, 1.807) is 26.4 Å². The van der Waals surface area contributed by atoms with Crippen LogP contribution < -0.4 is 14.4 Å². The number of benzene rings is 1. The number of hydrogen-bond acceptors (Lipinski definition) is 7. The molecule has 0 saturated carbocycles. The van der Waals surface area contributed by atoms with Crippen LogP contribution in [0.4, 0.5) is 5.82 Å². The molecular formula is C22H27ClN4O4S. The van der Waals surface area contributed by atoms with E-state index in [0.717, 1.165) is 11.4 Å². The van der Waals surface area contributed by atoms with Crippen molar-refractivity contribution >= 4 is 33.0 Å². The normalized spacial score (nSPS) is 15.3. The second-order valence-corrected chi connectivity index (χ2v) is 10.7. The summed E-state index contributed by atoms with van der Waals surface area (Å²) in [6, 6.07) is 5.43. The molecule has 3 aromatic rings. The average molecular weight is 479 g/mol. The van der Waals surface area contributed by atoms with Crippen molar-refractivity contribution in [2.24, 2.45) is 0 Å². The number of rotatable bonds is 7. The molecule has 0 radical (unpaired) electrons. The first kappa shape index (κ1) is 22.7. The maximum Gasteiger partial charge on any atom is 0.236 e. The Morgan fingerprint density at radius 3 is 2.50 bits per heavy atom. The van der Waals surface area contributed by atoms with Gasteiger partial charge in [-0.25, -0.2) is 13.4 Å².